The van der Waals surface area contributed by atoms with Crippen LogP contribution in [0.15, 0.2) is 42.5 Å². The van der Waals surface area contributed by atoms with Crippen molar-refractivity contribution in [3.63, 3.8) is 0 Å². The molecule has 0 saturated carbocycles. The molecule has 0 saturated heterocycles. The van der Waals surface area contributed by atoms with E-state index in [2.05, 4.69) is 5.32 Å². The third-order valence-electron chi connectivity index (χ3n) is 5.47. The Morgan fingerprint density at radius 2 is 1.83 bits per heavy atom. The van der Waals surface area contributed by atoms with Crippen LogP contribution in [-0.2, 0) is 26.2 Å². The van der Waals surface area contributed by atoms with Gasteiger partial charge in [-0.15, -0.1) is 0 Å². The minimum Gasteiger partial charge on any atom is -0.495 e. The number of benzene rings is 2. The summed E-state index contributed by atoms with van der Waals surface area (Å²) in [6.45, 7) is 1.95. The Labute approximate surface area is 211 Å². The van der Waals surface area contributed by atoms with Crippen LogP contribution in [0.1, 0.15) is 31.7 Å². The molecular formula is C24H31ClFN3O5S. The largest absolute Gasteiger partial charge is 0.495 e. The SMILES string of the molecule is CC[C@H](C(=O)NC)N(Cc1ccc(F)cc1)C(=O)CCCN(c1ccc(OC)c(Cl)c1)S(C)(=O)=O. The van der Waals surface area contributed by atoms with Gasteiger partial charge in [0.1, 0.15) is 17.6 Å². The van der Waals surface area contributed by atoms with E-state index >= 15 is 0 Å². The number of ether oxygens (including phenoxy) is 1. The highest BCUT2D eigenvalue weighted by molar-refractivity contribution is 7.92. The third kappa shape index (κ3) is 7.83. The molecule has 35 heavy (non-hydrogen) atoms. The first-order valence-corrected chi connectivity index (χ1v) is 13.3. The van der Waals surface area contributed by atoms with Crippen molar-refractivity contribution < 1.29 is 27.1 Å². The Kier molecular flexibility index (Phi) is 10.3. The fourth-order valence-corrected chi connectivity index (χ4v) is 4.90. The standard InChI is InChI=1S/C24H31ClFN3O5S/c1-5-21(24(31)27-2)28(16-17-8-10-18(26)11-9-17)23(30)7-6-14-29(35(4,32)33)19-12-13-22(34-3)20(25)15-19/h8-13,15,21H,5-7,14,16H2,1-4H3,(H,27,31)/t21-/m1/s1. The first kappa shape index (κ1) is 28.4. The number of methoxy groups -OCH3 is 1. The van der Waals surface area contributed by atoms with Crippen LogP contribution >= 0.6 is 11.6 Å². The molecule has 0 aliphatic heterocycles. The van der Waals surface area contributed by atoms with E-state index < -0.39 is 21.9 Å². The van der Waals surface area contributed by atoms with Crippen LogP contribution in [0.3, 0.4) is 0 Å². The van der Waals surface area contributed by atoms with Crippen molar-refractivity contribution >= 4 is 39.1 Å². The number of likely N-dealkylation sites (N-methyl/N-ethyl adjacent to an activating group) is 1. The van der Waals surface area contributed by atoms with Gasteiger partial charge in [-0.2, -0.15) is 0 Å². The fourth-order valence-electron chi connectivity index (χ4n) is 3.69. The van der Waals surface area contributed by atoms with Gasteiger partial charge in [0.05, 0.1) is 24.1 Å². The van der Waals surface area contributed by atoms with Crippen molar-refractivity contribution in [1.29, 1.82) is 0 Å². The number of anilines is 1. The summed E-state index contributed by atoms with van der Waals surface area (Å²) >= 11 is 6.16. The monoisotopic (exact) mass is 527 g/mol. The van der Waals surface area contributed by atoms with Gasteiger partial charge in [-0.1, -0.05) is 30.7 Å². The predicted molar refractivity (Wildman–Crippen MR) is 135 cm³/mol. The number of sulfonamides is 1. The summed E-state index contributed by atoms with van der Waals surface area (Å²) in [5, 5.41) is 2.83. The summed E-state index contributed by atoms with van der Waals surface area (Å²) in [5.74, 6) is -0.612. The lowest BCUT2D eigenvalue weighted by Gasteiger charge is -2.30. The fraction of sp³-hybridized carbons (Fsp3) is 0.417. The summed E-state index contributed by atoms with van der Waals surface area (Å²) in [6, 6.07) is 9.63. The highest BCUT2D eigenvalue weighted by atomic mass is 35.5. The van der Waals surface area contributed by atoms with Gasteiger partial charge in [0.2, 0.25) is 21.8 Å². The smallest absolute Gasteiger partial charge is 0.242 e. The highest BCUT2D eigenvalue weighted by Gasteiger charge is 2.28. The number of amides is 2. The lowest BCUT2D eigenvalue weighted by atomic mass is 10.1. The van der Waals surface area contributed by atoms with Crippen molar-refractivity contribution in [3.05, 3.63) is 58.9 Å². The van der Waals surface area contributed by atoms with Crippen molar-refractivity contribution in [3.8, 4) is 5.75 Å². The lowest BCUT2D eigenvalue weighted by Crippen LogP contribution is -2.48. The maximum Gasteiger partial charge on any atom is 0.242 e. The van der Waals surface area contributed by atoms with Crippen molar-refractivity contribution in [1.82, 2.24) is 10.2 Å². The van der Waals surface area contributed by atoms with E-state index in [1.54, 1.807) is 31.2 Å². The molecular weight excluding hydrogens is 497 g/mol. The van der Waals surface area contributed by atoms with Crippen LogP contribution in [0.25, 0.3) is 0 Å². The average molecular weight is 528 g/mol. The molecule has 0 unspecified atom stereocenters. The Bertz CT molecular complexity index is 1130. The number of rotatable bonds is 12. The van der Waals surface area contributed by atoms with E-state index in [1.807, 2.05) is 0 Å². The molecule has 8 nitrogen and oxygen atoms in total. The first-order valence-electron chi connectivity index (χ1n) is 11.1. The topological polar surface area (TPSA) is 96.0 Å². The maximum absolute atomic E-state index is 13.3. The second kappa shape index (κ2) is 12.7. The van der Waals surface area contributed by atoms with E-state index in [-0.39, 0.29) is 42.8 Å². The highest BCUT2D eigenvalue weighted by Crippen LogP contribution is 2.30. The quantitative estimate of drug-likeness (QED) is 0.455. The minimum atomic E-state index is -3.65. The van der Waals surface area contributed by atoms with E-state index in [4.69, 9.17) is 16.3 Å². The lowest BCUT2D eigenvalue weighted by molar-refractivity contribution is -0.141. The minimum absolute atomic E-state index is 0.00456. The molecule has 2 amide bonds. The van der Waals surface area contributed by atoms with Crippen molar-refractivity contribution in [2.45, 2.75) is 38.8 Å². The summed E-state index contributed by atoms with van der Waals surface area (Å²) < 4.78 is 44.5. The summed E-state index contributed by atoms with van der Waals surface area (Å²) in [5.41, 5.74) is 1.03. The summed E-state index contributed by atoms with van der Waals surface area (Å²) in [6.07, 6.45) is 1.67. The molecule has 0 fully saturated rings. The molecule has 0 bridgehead atoms. The first-order chi connectivity index (χ1) is 16.5. The van der Waals surface area contributed by atoms with Gasteiger partial charge in [-0.05, 0) is 48.7 Å². The van der Waals surface area contributed by atoms with E-state index in [0.717, 1.165) is 6.26 Å². The number of nitrogens with zero attached hydrogens (tertiary/aromatic N) is 2. The Balaban J connectivity index is 2.20. The van der Waals surface area contributed by atoms with Crippen LogP contribution < -0.4 is 14.4 Å². The molecule has 0 aliphatic rings. The van der Waals surface area contributed by atoms with Crippen LogP contribution in [0.5, 0.6) is 5.75 Å². The van der Waals surface area contributed by atoms with Gasteiger partial charge < -0.3 is 15.0 Å². The Morgan fingerprint density at radius 3 is 2.34 bits per heavy atom. The van der Waals surface area contributed by atoms with Gasteiger partial charge in [0.15, 0.2) is 0 Å². The molecule has 0 spiro atoms. The van der Waals surface area contributed by atoms with Gasteiger partial charge in [-0.3, -0.25) is 13.9 Å². The molecule has 0 aromatic heterocycles. The number of carbonyl (C=O) groups excluding carboxylic acids is 2. The van der Waals surface area contributed by atoms with E-state index in [1.165, 1.54) is 41.6 Å². The maximum atomic E-state index is 13.3. The Hall–Kier alpha value is -2.85. The number of carbonyl (C=O) groups is 2. The predicted octanol–water partition coefficient (Wildman–Crippen LogP) is 3.59. The zero-order valence-corrected chi connectivity index (χ0v) is 21.8. The number of nitrogens with one attached hydrogen (secondary N) is 1. The molecule has 0 aliphatic carbocycles. The van der Waals surface area contributed by atoms with E-state index in [9.17, 15) is 22.4 Å². The summed E-state index contributed by atoms with van der Waals surface area (Å²) in [7, 11) is -0.699. The molecule has 192 valence electrons. The molecule has 2 rings (SSSR count). The average Bonchev–Trinajstić information content (AvgIpc) is 2.81. The van der Waals surface area contributed by atoms with Gasteiger partial charge in [0.25, 0.3) is 0 Å². The van der Waals surface area contributed by atoms with Gasteiger partial charge in [0, 0.05) is 26.6 Å². The molecule has 0 heterocycles. The Morgan fingerprint density at radius 1 is 1.17 bits per heavy atom. The zero-order valence-electron chi connectivity index (χ0n) is 20.3. The van der Waals surface area contributed by atoms with Gasteiger partial charge >= 0.3 is 0 Å². The van der Waals surface area contributed by atoms with Crippen LogP contribution in [0, 0.1) is 5.82 Å². The normalized spacial score (nSPS) is 12.1. The van der Waals surface area contributed by atoms with Crippen molar-refractivity contribution in [2.24, 2.45) is 0 Å². The molecule has 0 radical (unpaired) electrons. The van der Waals surface area contributed by atoms with Gasteiger partial charge in [-0.25, -0.2) is 12.8 Å². The molecule has 2 aromatic rings. The van der Waals surface area contributed by atoms with Crippen LogP contribution in [0.2, 0.25) is 5.02 Å². The molecule has 11 heteroatoms. The number of hydrogen-bond donors (Lipinski definition) is 1. The number of halogens is 2. The third-order valence-corrected chi connectivity index (χ3v) is 6.96. The molecule has 1 atom stereocenters. The second-order valence-electron chi connectivity index (χ2n) is 7.94. The second-order valence-corrected chi connectivity index (χ2v) is 10.3. The molecule has 1 N–H and O–H groups in total. The molecule has 2 aromatic carbocycles. The van der Waals surface area contributed by atoms with Crippen LogP contribution in [-0.4, -0.2) is 58.1 Å². The van der Waals surface area contributed by atoms with E-state index in [0.29, 0.717) is 23.4 Å². The van der Waals surface area contributed by atoms with Crippen LogP contribution in [0.4, 0.5) is 10.1 Å². The number of hydrogen-bond acceptors (Lipinski definition) is 5. The van der Waals surface area contributed by atoms with Crippen molar-refractivity contribution in [2.75, 3.05) is 31.3 Å². The zero-order chi connectivity index (χ0) is 26.2. The summed E-state index contributed by atoms with van der Waals surface area (Å²) in [4.78, 5) is 27.1.